The van der Waals surface area contributed by atoms with E-state index in [4.69, 9.17) is 0 Å². The second-order valence-corrected chi connectivity index (χ2v) is 5.51. The summed E-state index contributed by atoms with van der Waals surface area (Å²) in [6, 6.07) is 25.6. The molecule has 0 spiro atoms. The van der Waals surface area contributed by atoms with Crippen LogP contribution in [0.5, 0.6) is 0 Å². The number of fused-ring (bicyclic) bond motifs is 2. The van der Waals surface area contributed by atoms with Gasteiger partial charge in [-0.25, -0.2) is 4.79 Å². The number of hydrogen-bond donors (Lipinski definition) is 1. The summed E-state index contributed by atoms with van der Waals surface area (Å²) in [6.45, 7) is 0. The number of carboxylic acid groups (broad SMARTS) is 1. The van der Waals surface area contributed by atoms with Crippen molar-refractivity contribution >= 4 is 27.5 Å². The van der Waals surface area contributed by atoms with Crippen LogP contribution in [0, 0.1) is 0 Å². The van der Waals surface area contributed by atoms with Crippen LogP contribution in [-0.2, 0) is 0 Å². The minimum absolute atomic E-state index is 0.371. The monoisotopic (exact) mass is 298 g/mol. The van der Waals surface area contributed by atoms with Crippen molar-refractivity contribution in [3.8, 4) is 11.1 Å². The Morgan fingerprint density at radius 2 is 1.04 bits per heavy atom. The first-order valence-electron chi connectivity index (χ1n) is 7.49. The van der Waals surface area contributed by atoms with Gasteiger partial charge in [-0.2, -0.15) is 0 Å². The Morgan fingerprint density at radius 1 is 0.609 bits per heavy atom. The molecule has 23 heavy (non-hydrogen) atoms. The fourth-order valence-corrected chi connectivity index (χ4v) is 3.27. The molecule has 0 bridgehead atoms. The lowest BCUT2D eigenvalue weighted by Crippen LogP contribution is -2.00. The molecular weight excluding hydrogens is 284 g/mol. The molecule has 0 amide bonds. The molecule has 2 heteroatoms. The second kappa shape index (κ2) is 5.25. The van der Waals surface area contributed by atoms with Crippen molar-refractivity contribution in [1.82, 2.24) is 0 Å². The molecule has 4 aromatic rings. The van der Waals surface area contributed by atoms with Gasteiger partial charge in [-0.1, -0.05) is 78.9 Å². The fraction of sp³-hybridized carbons (Fsp3) is 0. The van der Waals surface area contributed by atoms with E-state index in [1.807, 2.05) is 66.7 Å². The predicted octanol–water partition coefficient (Wildman–Crippen LogP) is 5.36. The Hall–Kier alpha value is -3.13. The van der Waals surface area contributed by atoms with Gasteiger partial charge in [0, 0.05) is 0 Å². The van der Waals surface area contributed by atoms with Crippen LogP contribution in [0.15, 0.2) is 78.9 Å². The van der Waals surface area contributed by atoms with Gasteiger partial charge in [-0.05, 0) is 32.7 Å². The quantitative estimate of drug-likeness (QED) is 0.506. The first-order chi connectivity index (χ1) is 11.3. The van der Waals surface area contributed by atoms with Gasteiger partial charge in [0.1, 0.15) is 0 Å². The average Bonchev–Trinajstić information content (AvgIpc) is 2.59. The van der Waals surface area contributed by atoms with E-state index in [1.165, 1.54) is 0 Å². The minimum Gasteiger partial charge on any atom is -0.478 e. The molecule has 1 N–H and O–H groups in total. The van der Waals surface area contributed by atoms with Gasteiger partial charge in [0.2, 0.25) is 0 Å². The molecule has 4 aromatic carbocycles. The van der Waals surface area contributed by atoms with Crippen molar-refractivity contribution in [1.29, 1.82) is 0 Å². The molecule has 0 aliphatic heterocycles. The third-order valence-electron chi connectivity index (χ3n) is 4.21. The molecule has 0 heterocycles. The van der Waals surface area contributed by atoms with Crippen molar-refractivity contribution < 1.29 is 9.90 Å². The van der Waals surface area contributed by atoms with Crippen LogP contribution < -0.4 is 0 Å². The smallest absolute Gasteiger partial charge is 0.336 e. The molecule has 0 fully saturated rings. The van der Waals surface area contributed by atoms with E-state index < -0.39 is 5.97 Å². The molecule has 0 saturated carbocycles. The number of carbonyl (C=O) groups is 1. The van der Waals surface area contributed by atoms with Crippen molar-refractivity contribution in [2.75, 3.05) is 0 Å². The van der Waals surface area contributed by atoms with E-state index in [0.29, 0.717) is 5.56 Å². The molecule has 4 rings (SSSR count). The molecule has 0 saturated heterocycles. The van der Waals surface area contributed by atoms with Crippen LogP contribution in [0.25, 0.3) is 32.7 Å². The van der Waals surface area contributed by atoms with Crippen LogP contribution in [0.4, 0.5) is 0 Å². The molecule has 0 aliphatic carbocycles. The SMILES string of the molecule is O=C(O)c1c2ccccc2c(-c2ccccc2)c2ccccc12. The summed E-state index contributed by atoms with van der Waals surface area (Å²) in [5.74, 6) is -0.892. The maximum atomic E-state index is 11.9. The van der Waals surface area contributed by atoms with Gasteiger partial charge in [0.25, 0.3) is 0 Å². The molecule has 2 nitrogen and oxygen atoms in total. The number of rotatable bonds is 2. The Kier molecular flexibility index (Phi) is 3.09. The largest absolute Gasteiger partial charge is 0.478 e. The highest BCUT2D eigenvalue weighted by molar-refractivity contribution is 6.22. The zero-order valence-electron chi connectivity index (χ0n) is 12.4. The zero-order chi connectivity index (χ0) is 15.8. The topological polar surface area (TPSA) is 37.3 Å². The van der Waals surface area contributed by atoms with E-state index >= 15 is 0 Å². The second-order valence-electron chi connectivity index (χ2n) is 5.51. The third-order valence-corrected chi connectivity index (χ3v) is 4.21. The van der Waals surface area contributed by atoms with E-state index in [-0.39, 0.29) is 0 Å². The van der Waals surface area contributed by atoms with Crippen molar-refractivity contribution in [2.45, 2.75) is 0 Å². The fourth-order valence-electron chi connectivity index (χ4n) is 3.27. The van der Waals surface area contributed by atoms with Crippen LogP contribution in [0.3, 0.4) is 0 Å². The number of benzene rings is 4. The summed E-state index contributed by atoms with van der Waals surface area (Å²) in [5, 5.41) is 13.2. The predicted molar refractivity (Wildman–Crippen MR) is 93.8 cm³/mol. The van der Waals surface area contributed by atoms with Crippen LogP contribution in [0.1, 0.15) is 10.4 Å². The van der Waals surface area contributed by atoms with E-state index in [2.05, 4.69) is 12.1 Å². The first-order valence-corrected chi connectivity index (χ1v) is 7.49. The number of carboxylic acids is 1. The Balaban J connectivity index is 2.30. The van der Waals surface area contributed by atoms with Gasteiger partial charge in [0.05, 0.1) is 5.56 Å². The normalized spacial score (nSPS) is 11.0. The lowest BCUT2D eigenvalue weighted by molar-refractivity contribution is 0.0701. The van der Waals surface area contributed by atoms with Gasteiger partial charge < -0.3 is 5.11 Å². The standard InChI is InChI=1S/C21H14O2/c22-21(23)20-17-12-6-4-10-15(17)19(14-8-2-1-3-9-14)16-11-5-7-13-18(16)20/h1-13H,(H,22,23). The molecule has 0 aromatic heterocycles. The Labute approximate surface area is 133 Å². The Bertz CT molecular complexity index is 977. The maximum Gasteiger partial charge on any atom is 0.336 e. The summed E-state index contributed by atoms with van der Waals surface area (Å²) in [4.78, 5) is 11.9. The van der Waals surface area contributed by atoms with Crippen molar-refractivity contribution in [2.24, 2.45) is 0 Å². The van der Waals surface area contributed by atoms with E-state index in [9.17, 15) is 9.90 Å². The van der Waals surface area contributed by atoms with Gasteiger partial charge in [0.15, 0.2) is 0 Å². The van der Waals surface area contributed by atoms with Gasteiger partial charge in [-0.3, -0.25) is 0 Å². The highest BCUT2D eigenvalue weighted by atomic mass is 16.4. The summed E-state index contributed by atoms with van der Waals surface area (Å²) in [6.07, 6.45) is 0. The zero-order valence-corrected chi connectivity index (χ0v) is 12.4. The maximum absolute atomic E-state index is 11.9. The lowest BCUT2D eigenvalue weighted by atomic mass is 9.88. The Morgan fingerprint density at radius 3 is 1.52 bits per heavy atom. The highest BCUT2D eigenvalue weighted by Crippen LogP contribution is 2.38. The average molecular weight is 298 g/mol. The van der Waals surface area contributed by atoms with Crippen LogP contribution in [-0.4, -0.2) is 11.1 Å². The minimum atomic E-state index is -0.892. The summed E-state index contributed by atoms with van der Waals surface area (Å²) in [5.41, 5.74) is 2.55. The van der Waals surface area contributed by atoms with Crippen LogP contribution in [0.2, 0.25) is 0 Å². The molecule has 0 atom stereocenters. The molecule has 0 unspecified atom stereocenters. The lowest BCUT2D eigenvalue weighted by Gasteiger charge is -2.15. The summed E-state index contributed by atoms with van der Waals surface area (Å²) < 4.78 is 0. The number of hydrogen-bond acceptors (Lipinski definition) is 1. The highest BCUT2D eigenvalue weighted by Gasteiger charge is 2.18. The van der Waals surface area contributed by atoms with Gasteiger partial charge >= 0.3 is 5.97 Å². The van der Waals surface area contributed by atoms with E-state index in [0.717, 1.165) is 32.7 Å². The van der Waals surface area contributed by atoms with Crippen LogP contribution >= 0.6 is 0 Å². The molecular formula is C21H14O2. The first kappa shape index (κ1) is 13.5. The summed E-state index contributed by atoms with van der Waals surface area (Å²) >= 11 is 0. The van der Waals surface area contributed by atoms with E-state index in [1.54, 1.807) is 0 Å². The van der Waals surface area contributed by atoms with Crippen molar-refractivity contribution in [3.05, 3.63) is 84.4 Å². The molecule has 0 radical (unpaired) electrons. The van der Waals surface area contributed by atoms with Gasteiger partial charge in [-0.15, -0.1) is 0 Å². The molecule has 110 valence electrons. The summed E-state index contributed by atoms with van der Waals surface area (Å²) in [7, 11) is 0. The van der Waals surface area contributed by atoms with Crippen molar-refractivity contribution in [3.63, 3.8) is 0 Å². The number of aromatic carboxylic acids is 1. The third kappa shape index (κ3) is 2.08. The molecule has 0 aliphatic rings.